The predicted octanol–water partition coefficient (Wildman–Crippen LogP) is 6.66. The Morgan fingerprint density at radius 1 is 0.900 bits per heavy atom. The molecule has 3 heterocycles. The molecule has 1 fully saturated rings. The number of benzene rings is 3. The zero-order chi connectivity index (χ0) is 35.4. The van der Waals surface area contributed by atoms with E-state index in [-0.39, 0.29) is 28.8 Å². The van der Waals surface area contributed by atoms with Crippen LogP contribution in [0, 0.1) is 5.82 Å². The number of fused-ring (bicyclic) bond motifs is 1. The van der Waals surface area contributed by atoms with E-state index in [2.05, 4.69) is 15.2 Å². The van der Waals surface area contributed by atoms with Gasteiger partial charge >= 0.3 is 6.18 Å². The lowest BCUT2D eigenvalue weighted by molar-refractivity contribution is -0.153. The fourth-order valence-corrected chi connectivity index (χ4v) is 5.65. The summed E-state index contributed by atoms with van der Waals surface area (Å²) < 4.78 is 68.4. The number of anilines is 1. The number of halogens is 4. The van der Waals surface area contributed by atoms with Gasteiger partial charge in [-0.05, 0) is 54.1 Å². The molecule has 0 saturated carbocycles. The van der Waals surface area contributed by atoms with Crippen LogP contribution < -0.4 is 19.5 Å². The number of alkyl halides is 3. The molecule has 10 nitrogen and oxygen atoms in total. The number of carbonyl (C=O) groups is 2. The first-order valence-electron chi connectivity index (χ1n) is 15.6. The molecule has 14 heteroatoms. The van der Waals surface area contributed by atoms with Gasteiger partial charge in [0.1, 0.15) is 28.8 Å². The van der Waals surface area contributed by atoms with E-state index in [9.17, 15) is 27.2 Å². The summed E-state index contributed by atoms with van der Waals surface area (Å²) in [5.74, 6) is -0.0210. The zero-order valence-corrected chi connectivity index (χ0v) is 27.2. The third-order valence-corrected chi connectivity index (χ3v) is 8.25. The van der Waals surface area contributed by atoms with Gasteiger partial charge in [0.05, 0.1) is 30.1 Å². The molecule has 0 atom stereocenters. The van der Waals surface area contributed by atoms with Gasteiger partial charge in [-0.15, -0.1) is 0 Å². The molecule has 1 saturated heterocycles. The van der Waals surface area contributed by atoms with E-state index in [1.54, 1.807) is 30.3 Å². The van der Waals surface area contributed by atoms with Crippen molar-refractivity contribution in [3.8, 4) is 23.1 Å². The predicted molar refractivity (Wildman–Crippen MR) is 177 cm³/mol. The molecule has 3 aromatic carbocycles. The highest BCUT2D eigenvalue weighted by Gasteiger charge is 2.28. The Morgan fingerprint density at radius 2 is 1.64 bits per heavy atom. The Hall–Kier alpha value is -5.63. The van der Waals surface area contributed by atoms with Crippen LogP contribution in [0.5, 0.6) is 23.1 Å². The average Bonchev–Trinajstić information content (AvgIpc) is 3.43. The van der Waals surface area contributed by atoms with Crippen LogP contribution >= 0.6 is 0 Å². The standard InChI is InChI=1S/C36H33F4N5O5/c1-43-30-19-28(50-33-12-7-26(20-41-33)42-34(46)29-11-6-25(37)18-32(29)48-2)10-5-24(30)17-31(43)35(47)45-15-13-44(14-16-45)21-23-3-8-27(9-4-23)49-22-36(38,39)40/h3-12,17-20H,13-16,21-22H2,1-2H3,(H,42,46). The van der Waals surface area contributed by atoms with Gasteiger partial charge in [-0.25, -0.2) is 9.37 Å². The van der Waals surface area contributed by atoms with Gasteiger partial charge in [-0.3, -0.25) is 14.5 Å². The van der Waals surface area contributed by atoms with Crippen molar-refractivity contribution in [2.24, 2.45) is 7.05 Å². The Morgan fingerprint density at radius 3 is 2.32 bits per heavy atom. The number of aromatic nitrogens is 2. The normalized spacial score (nSPS) is 13.7. The molecule has 5 aromatic rings. The minimum absolute atomic E-state index is 0.0884. The molecule has 2 aromatic heterocycles. The van der Waals surface area contributed by atoms with Crippen LogP contribution in [0.3, 0.4) is 0 Å². The molecule has 6 rings (SSSR count). The van der Waals surface area contributed by atoms with E-state index >= 15 is 0 Å². The summed E-state index contributed by atoms with van der Waals surface area (Å²) >= 11 is 0. The van der Waals surface area contributed by atoms with Gasteiger partial charge in [0.2, 0.25) is 5.88 Å². The van der Waals surface area contributed by atoms with Crippen LogP contribution in [0.2, 0.25) is 0 Å². The highest BCUT2D eigenvalue weighted by atomic mass is 19.4. The molecule has 1 aliphatic heterocycles. The fraction of sp³-hybridized carbons (Fsp3) is 0.250. The number of pyridine rings is 1. The maximum atomic E-state index is 13.5. The molecule has 0 aliphatic carbocycles. The maximum absolute atomic E-state index is 13.5. The second-order valence-corrected chi connectivity index (χ2v) is 11.7. The van der Waals surface area contributed by atoms with E-state index < -0.39 is 24.5 Å². The molecule has 0 radical (unpaired) electrons. The van der Waals surface area contributed by atoms with Gasteiger partial charge in [-0.2, -0.15) is 13.2 Å². The number of hydrogen-bond acceptors (Lipinski definition) is 7. The molecule has 0 bridgehead atoms. The molecule has 1 aliphatic rings. The minimum atomic E-state index is -4.39. The zero-order valence-electron chi connectivity index (χ0n) is 27.2. The number of aryl methyl sites for hydroxylation is 1. The second-order valence-electron chi connectivity index (χ2n) is 11.7. The van der Waals surface area contributed by atoms with Gasteiger partial charge in [0, 0.05) is 63.4 Å². The number of ether oxygens (including phenoxy) is 3. The van der Waals surface area contributed by atoms with Crippen molar-refractivity contribution >= 4 is 28.4 Å². The van der Waals surface area contributed by atoms with E-state index in [0.717, 1.165) is 22.5 Å². The van der Waals surface area contributed by atoms with Gasteiger partial charge in [-0.1, -0.05) is 12.1 Å². The summed E-state index contributed by atoms with van der Waals surface area (Å²) in [6.45, 7) is 1.63. The highest BCUT2D eigenvalue weighted by Crippen LogP contribution is 2.29. The van der Waals surface area contributed by atoms with Crippen molar-refractivity contribution < 1.29 is 41.4 Å². The largest absolute Gasteiger partial charge is 0.496 e. The number of carbonyl (C=O) groups excluding carboxylic acids is 2. The van der Waals surface area contributed by atoms with E-state index in [4.69, 9.17) is 14.2 Å². The van der Waals surface area contributed by atoms with Crippen molar-refractivity contribution in [3.63, 3.8) is 0 Å². The second kappa shape index (κ2) is 14.5. The smallest absolute Gasteiger partial charge is 0.422 e. The number of hydrogen-bond donors (Lipinski definition) is 1. The van der Waals surface area contributed by atoms with Crippen LogP contribution in [-0.2, 0) is 13.6 Å². The highest BCUT2D eigenvalue weighted by molar-refractivity contribution is 6.06. The summed E-state index contributed by atoms with van der Waals surface area (Å²) in [6, 6.07) is 20.7. The molecular weight excluding hydrogens is 658 g/mol. The molecule has 50 heavy (non-hydrogen) atoms. The van der Waals surface area contributed by atoms with Crippen molar-refractivity contribution in [1.29, 1.82) is 0 Å². The van der Waals surface area contributed by atoms with E-state index in [0.29, 0.717) is 49.9 Å². The van der Waals surface area contributed by atoms with Crippen LogP contribution in [0.15, 0.2) is 85.1 Å². The minimum Gasteiger partial charge on any atom is -0.496 e. The first-order valence-corrected chi connectivity index (χ1v) is 15.6. The number of piperazine rings is 1. The quantitative estimate of drug-likeness (QED) is 0.164. The maximum Gasteiger partial charge on any atom is 0.422 e. The Bertz CT molecular complexity index is 1990. The average molecular weight is 692 g/mol. The van der Waals surface area contributed by atoms with Crippen LogP contribution in [0.25, 0.3) is 10.9 Å². The number of methoxy groups -OCH3 is 1. The number of amides is 2. The number of rotatable bonds is 10. The summed E-state index contributed by atoms with van der Waals surface area (Å²) in [5.41, 5.74) is 2.85. The van der Waals surface area contributed by atoms with Crippen molar-refractivity contribution in [3.05, 3.63) is 108 Å². The Kier molecular flexibility index (Phi) is 9.90. The summed E-state index contributed by atoms with van der Waals surface area (Å²) in [6.07, 6.45) is -2.95. The van der Waals surface area contributed by atoms with Crippen LogP contribution in [0.1, 0.15) is 26.4 Å². The molecule has 0 spiro atoms. The third kappa shape index (κ3) is 8.14. The molecular formula is C36H33F4N5O5. The van der Waals surface area contributed by atoms with Crippen molar-refractivity contribution in [2.45, 2.75) is 12.7 Å². The summed E-state index contributed by atoms with van der Waals surface area (Å²) in [7, 11) is 3.18. The lowest BCUT2D eigenvalue weighted by Gasteiger charge is -2.34. The van der Waals surface area contributed by atoms with Crippen LogP contribution in [0.4, 0.5) is 23.2 Å². The summed E-state index contributed by atoms with van der Waals surface area (Å²) in [5, 5.41) is 3.57. The SMILES string of the molecule is COc1cc(F)ccc1C(=O)Nc1ccc(Oc2ccc3cc(C(=O)N4CCN(Cc5ccc(OCC(F)(F)F)cc5)CC4)n(C)c3c2)nc1. The summed E-state index contributed by atoms with van der Waals surface area (Å²) in [4.78, 5) is 34.5. The molecule has 2 amide bonds. The monoisotopic (exact) mass is 691 g/mol. The van der Waals surface area contributed by atoms with E-state index in [1.165, 1.54) is 37.6 Å². The lowest BCUT2D eigenvalue weighted by Crippen LogP contribution is -2.48. The third-order valence-electron chi connectivity index (χ3n) is 8.25. The lowest BCUT2D eigenvalue weighted by atomic mass is 10.2. The fourth-order valence-electron chi connectivity index (χ4n) is 5.65. The first kappa shape index (κ1) is 34.2. The molecule has 1 N–H and O–H groups in total. The topological polar surface area (TPSA) is 98.2 Å². The van der Waals surface area contributed by atoms with Gasteiger partial charge in [0.25, 0.3) is 11.8 Å². The Labute approximate surface area is 284 Å². The first-order chi connectivity index (χ1) is 24.0. The van der Waals surface area contributed by atoms with Crippen molar-refractivity contribution in [2.75, 3.05) is 45.2 Å². The molecule has 260 valence electrons. The molecule has 0 unspecified atom stereocenters. The Balaban J connectivity index is 1.03. The van der Waals surface area contributed by atoms with Gasteiger partial charge in [0.15, 0.2) is 6.61 Å². The number of nitrogens with zero attached hydrogens (tertiary/aromatic N) is 4. The number of nitrogens with one attached hydrogen (secondary N) is 1. The van der Waals surface area contributed by atoms with Gasteiger partial charge < -0.3 is 29.0 Å². The van der Waals surface area contributed by atoms with Crippen molar-refractivity contribution in [1.82, 2.24) is 19.4 Å². The van der Waals surface area contributed by atoms with Crippen LogP contribution in [-0.4, -0.2) is 77.2 Å². The van der Waals surface area contributed by atoms with E-state index in [1.807, 2.05) is 34.7 Å².